The van der Waals surface area contributed by atoms with E-state index >= 15 is 0 Å². The summed E-state index contributed by atoms with van der Waals surface area (Å²) in [7, 11) is 0. The topological polar surface area (TPSA) is 61.8 Å². The number of rotatable bonds is 1. The molecular weight excluding hydrogens is 306 g/mol. The third-order valence-corrected chi connectivity index (χ3v) is 5.36. The number of hydrogen-bond acceptors (Lipinski definition) is 5. The lowest BCUT2D eigenvalue weighted by molar-refractivity contribution is 0.0800. The van der Waals surface area contributed by atoms with E-state index in [4.69, 9.17) is 4.74 Å². The van der Waals surface area contributed by atoms with E-state index in [1.54, 1.807) is 12.4 Å². The molecule has 24 heavy (non-hydrogen) atoms. The quantitative estimate of drug-likeness (QED) is 0.774. The monoisotopic (exact) mass is 331 g/mol. The third-order valence-electron chi connectivity index (χ3n) is 5.36. The molecule has 4 heterocycles. The summed E-state index contributed by atoms with van der Waals surface area (Å²) >= 11 is 0. The molecular formula is C17H25N5O2. The van der Waals surface area contributed by atoms with Crippen LogP contribution in [0.15, 0.2) is 18.5 Å². The van der Waals surface area contributed by atoms with Crippen molar-refractivity contribution in [1.29, 1.82) is 0 Å². The molecule has 130 valence electrons. The molecule has 1 aromatic rings. The predicted molar refractivity (Wildman–Crippen MR) is 89.9 cm³/mol. The van der Waals surface area contributed by atoms with E-state index in [2.05, 4.69) is 14.9 Å². The summed E-state index contributed by atoms with van der Waals surface area (Å²) in [6.07, 6.45) is 6.82. The van der Waals surface area contributed by atoms with Gasteiger partial charge >= 0.3 is 6.03 Å². The Hall–Kier alpha value is -1.89. The summed E-state index contributed by atoms with van der Waals surface area (Å²) in [6, 6.07) is 2.02. The molecule has 3 aliphatic heterocycles. The van der Waals surface area contributed by atoms with Crippen LogP contribution in [-0.4, -0.2) is 78.3 Å². The van der Waals surface area contributed by atoms with E-state index in [-0.39, 0.29) is 11.4 Å². The molecule has 4 rings (SSSR count). The molecule has 3 aliphatic rings. The van der Waals surface area contributed by atoms with Crippen molar-refractivity contribution in [3.63, 3.8) is 0 Å². The first kappa shape index (κ1) is 15.6. The number of urea groups is 1. The number of aromatic nitrogens is 2. The van der Waals surface area contributed by atoms with E-state index in [1.807, 2.05) is 15.9 Å². The van der Waals surface area contributed by atoms with E-state index in [0.29, 0.717) is 19.8 Å². The molecule has 1 spiro atoms. The fraction of sp³-hybridized carbons (Fsp3) is 0.706. The summed E-state index contributed by atoms with van der Waals surface area (Å²) in [4.78, 5) is 27.7. The standard InChI is InChI=1S/C17H25N5O2/c23-16(20-7-1-2-8-20)22-10-11-24-14-17(13-22)4-9-21(12-17)15-18-5-3-6-19-15/h3,5-6H,1-2,4,7-14H2/t17-/m0/s1. The third kappa shape index (κ3) is 3.05. The molecule has 0 unspecified atom stereocenters. The molecule has 7 nitrogen and oxygen atoms in total. The first-order valence-electron chi connectivity index (χ1n) is 8.89. The first-order valence-corrected chi connectivity index (χ1v) is 8.89. The number of hydrogen-bond donors (Lipinski definition) is 0. The van der Waals surface area contributed by atoms with Crippen LogP contribution in [0.4, 0.5) is 10.7 Å². The van der Waals surface area contributed by atoms with E-state index < -0.39 is 0 Å². The van der Waals surface area contributed by atoms with Gasteiger partial charge in [0.25, 0.3) is 0 Å². The van der Waals surface area contributed by atoms with Crippen molar-refractivity contribution >= 4 is 12.0 Å². The Kier molecular flexibility index (Phi) is 4.26. The largest absolute Gasteiger partial charge is 0.379 e. The number of anilines is 1. The molecule has 0 N–H and O–H groups in total. The number of ether oxygens (including phenoxy) is 1. The van der Waals surface area contributed by atoms with Gasteiger partial charge in [0.05, 0.1) is 13.2 Å². The highest BCUT2D eigenvalue weighted by Crippen LogP contribution is 2.35. The van der Waals surface area contributed by atoms with Gasteiger partial charge < -0.3 is 19.4 Å². The molecule has 3 saturated heterocycles. The van der Waals surface area contributed by atoms with Crippen molar-refractivity contribution in [2.24, 2.45) is 5.41 Å². The zero-order valence-electron chi connectivity index (χ0n) is 14.1. The number of nitrogens with zero attached hydrogens (tertiary/aromatic N) is 5. The second kappa shape index (κ2) is 6.55. The fourth-order valence-electron chi connectivity index (χ4n) is 4.07. The van der Waals surface area contributed by atoms with Crippen LogP contribution in [0.5, 0.6) is 0 Å². The van der Waals surface area contributed by atoms with Crippen molar-refractivity contribution in [2.45, 2.75) is 19.3 Å². The average Bonchev–Trinajstić information content (AvgIpc) is 3.24. The zero-order chi connectivity index (χ0) is 16.4. The maximum Gasteiger partial charge on any atom is 0.320 e. The van der Waals surface area contributed by atoms with Gasteiger partial charge in [0.15, 0.2) is 0 Å². The van der Waals surface area contributed by atoms with E-state index in [1.165, 1.54) is 0 Å². The Bertz CT molecular complexity index is 578. The molecule has 0 bridgehead atoms. The van der Waals surface area contributed by atoms with Crippen molar-refractivity contribution in [1.82, 2.24) is 19.8 Å². The highest BCUT2D eigenvalue weighted by atomic mass is 16.5. The van der Waals surface area contributed by atoms with Crippen molar-refractivity contribution in [2.75, 3.05) is 57.4 Å². The van der Waals surface area contributed by atoms with Crippen LogP contribution >= 0.6 is 0 Å². The van der Waals surface area contributed by atoms with Gasteiger partial charge in [0.2, 0.25) is 5.95 Å². The summed E-state index contributed by atoms with van der Waals surface area (Å²) in [5, 5.41) is 0. The molecule has 0 radical (unpaired) electrons. The first-order chi connectivity index (χ1) is 11.8. The molecule has 0 aliphatic carbocycles. The molecule has 0 aromatic carbocycles. The predicted octanol–water partition coefficient (Wildman–Crippen LogP) is 1.22. The van der Waals surface area contributed by atoms with Crippen LogP contribution in [0.25, 0.3) is 0 Å². The number of carbonyl (C=O) groups is 1. The van der Waals surface area contributed by atoms with Crippen LogP contribution in [0.1, 0.15) is 19.3 Å². The number of amides is 2. The maximum atomic E-state index is 12.8. The Morgan fingerprint density at radius 3 is 2.62 bits per heavy atom. The molecule has 1 aromatic heterocycles. The summed E-state index contributed by atoms with van der Waals surface area (Å²) in [5.41, 5.74) is -0.00884. The normalized spacial score (nSPS) is 27.8. The van der Waals surface area contributed by atoms with Gasteiger partial charge in [0, 0.05) is 57.1 Å². The average molecular weight is 331 g/mol. The Morgan fingerprint density at radius 2 is 1.83 bits per heavy atom. The van der Waals surface area contributed by atoms with Crippen LogP contribution < -0.4 is 4.90 Å². The van der Waals surface area contributed by atoms with Crippen molar-refractivity contribution in [3.8, 4) is 0 Å². The van der Waals surface area contributed by atoms with Gasteiger partial charge in [-0.3, -0.25) is 0 Å². The van der Waals surface area contributed by atoms with Crippen LogP contribution in [0.2, 0.25) is 0 Å². The van der Waals surface area contributed by atoms with Crippen LogP contribution in [0.3, 0.4) is 0 Å². The second-order valence-electron chi connectivity index (χ2n) is 7.17. The summed E-state index contributed by atoms with van der Waals surface area (Å²) in [6.45, 7) is 6.36. The lowest BCUT2D eigenvalue weighted by Crippen LogP contribution is -2.48. The molecule has 3 fully saturated rings. The fourth-order valence-corrected chi connectivity index (χ4v) is 4.07. The number of carbonyl (C=O) groups excluding carboxylic acids is 1. The smallest absolute Gasteiger partial charge is 0.320 e. The highest BCUT2D eigenvalue weighted by Gasteiger charge is 2.43. The van der Waals surface area contributed by atoms with Gasteiger partial charge in [-0.15, -0.1) is 0 Å². The number of likely N-dealkylation sites (tertiary alicyclic amines) is 1. The van der Waals surface area contributed by atoms with Gasteiger partial charge in [-0.2, -0.15) is 0 Å². The molecule has 0 saturated carbocycles. The molecule has 7 heteroatoms. The minimum atomic E-state index is -0.00884. The lowest BCUT2D eigenvalue weighted by atomic mass is 9.87. The van der Waals surface area contributed by atoms with Crippen LogP contribution in [-0.2, 0) is 4.74 Å². The maximum absolute atomic E-state index is 12.8. The van der Waals surface area contributed by atoms with Gasteiger partial charge in [-0.1, -0.05) is 0 Å². The molecule has 1 atom stereocenters. The lowest BCUT2D eigenvalue weighted by Gasteiger charge is -2.33. The van der Waals surface area contributed by atoms with Crippen molar-refractivity contribution in [3.05, 3.63) is 18.5 Å². The summed E-state index contributed by atoms with van der Waals surface area (Å²) < 4.78 is 5.88. The van der Waals surface area contributed by atoms with E-state index in [0.717, 1.165) is 57.9 Å². The Balaban J connectivity index is 1.47. The van der Waals surface area contributed by atoms with Crippen molar-refractivity contribution < 1.29 is 9.53 Å². The van der Waals surface area contributed by atoms with Crippen LogP contribution in [0, 0.1) is 5.41 Å². The Labute approximate surface area is 142 Å². The Morgan fingerprint density at radius 1 is 1.04 bits per heavy atom. The summed E-state index contributed by atoms with van der Waals surface area (Å²) in [5.74, 6) is 0.774. The van der Waals surface area contributed by atoms with Gasteiger partial charge in [0.1, 0.15) is 0 Å². The SMILES string of the molecule is O=C(N1CCCC1)N1CCOC[C@]2(CCN(c3ncccn3)C2)C1. The van der Waals surface area contributed by atoms with Gasteiger partial charge in [-0.25, -0.2) is 14.8 Å². The second-order valence-corrected chi connectivity index (χ2v) is 7.17. The highest BCUT2D eigenvalue weighted by molar-refractivity contribution is 5.74. The van der Waals surface area contributed by atoms with Gasteiger partial charge in [-0.05, 0) is 25.3 Å². The molecule has 2 amide bonds. The minimum absolute atomic E-state index is 0.00884. The van der Waals surface area contributed by atoms with E-state index in [9.17, 15) is 4.79 Å². The minimum Gasteiger partial charge on any atom is -0.379 e. The zero-order valence-corrected chi connectivity index (χ0v) is 14.1.